The summed E-state index contributed by atoms with van der Waals surface area (Å²) in [4.78, 5) is 0. The lowest BCUT2D eigenvalue weighted by molar-refractivity contribution is 0.0768. The van der Waals surface area contributed by atoms with Crippen LogP contribution in [0.2, 0.25) is 0 Å². The van der Waals surface area contributed by atoms with Crippen LogP contribution < -0.4 is 5.32 Å². The van der Waals surface area contributed by atoms with Crippen molar-refractivity contribution in [2.24, 2.45) is 0 Å². The summed E-state index contributed by atoms with van der Waals surface area (Å²) >= 11 is 0. The zero-order valence-electron chi connectivity index (χ0n) is 10.6. The van der Waals surface area contributed by atoms with Gasteiger partial charge in [-0.15, -0.1) is 0 Å². The topological polar surface area (TPSA) is 69.6 Å². The summed E-state index contributed by atoms with van der Waals surface area (Å²) in [6, 6.07) is 0.219. The first-order chi connectivity index (χ1) is 8.56. The van der Waals surface area contributed by atoms with E-state index in [-0.39, 0.29) is 30.0 Å². The molecule has 0 aromatic rings. The van der Waals surface area contributed by atoms with Gasteiger partial charge in [-0.05, 0) is 45.1 Å². The van der Waals surface area contributed by atoms with Crippen molar-refractivity contribution in [3.05, 3.63) is 0 Å². The molecule has 0 aromatic carbocycles. The standard InChI is InChI=1S/C12H22N2O3S/c15-12-6-10-3-4-11(7-12)14(10)18(16,17)8-9-2-1-5-13-9/h9-13,15H,1-8H2. The third-order valence-corrected chi connectivity index (χ3v) is 6.60. The fourth-order valence-electron chi connectivity index (χ4n) is 3.80. The van der Waals surface area contributed by atoms with Crippen molar-refractivity contribution < 1.29 is 13.5 Å². The monoisotopic (exact) mass is 274 g/mol. The molecule has 2 N–H and O–H groups in total. The Hall–Kier alpha value is -0.170. The maximum atomic E-state index is 12.5. The molecule has 3 rings (SSSR count). The van der Waals surface area contributed by atoms with Crippen LogP contribution in [-0.4, -0.2) is 54.4 Å². The third kappa shape index (κ3) is 2.31. The Morgan fingerprint density at radius 1 is 1.17 bits per heavy atom. The summed E-state index contributed by atoms with van der Waals surface area (Å²) in [7, 11) is -3.17. The molecule has 3 heterocycles. The number of aliphatic hydroxyl groups excluding tert-OH is 1. The zero-order chi connectivity index (χ0) is 12.8. The number of nitrogens with zero attached hydrogens (tertiary/aromatic N) is 1. The third-order valence-electron chi connectivity index (χ3n) is 4.54. The predicted octanol–water partition coefficient (Wildman–Crippen LogP) is 0.0559. The molecule has 3 saturated heterocycles. The van der Waals surface area contributed by atoms with Crippen LogP contribution in [0.15, 0.2) is 0 Å². The summed E-state index contributed by atoms with van der Waals surface area (Å²) in [6.45, 7) is 0.936. The van der Waals surface area contributed by atoms with E-state index in [0.717, 1.165) is 32.2 Å². The minimum atomic E-state index is -3.17. The lowest BCUT2D eigenvalue weighted by atomic mass is 10.0. The van der Waals surface area contributed by atoms with Crippen LogP contribution in [0.5, 0.6) is 0 Å². The molecule has 0 aromatic heterocycles. The smallest absolute Gasteiger partial charge is 0.216 e. The van der Waals surface area contributed by atoms with Gasteiger partial charge in [0, 0.05) is 18.1 Å². The Kier molecular flexibility index (Phi) is 3.38. The van der Waals surface area contributed by atoms with E-state index in [9.17, 15) is 13.5 Å². The minimum absolute atomic E-state index is 0.0464. The normalized spacial score (nSPS) is 41.4. The Balaban J connectivity index is 1.73. The van der Waals surface area contributed by atoms with Gasteiger partial charge in [0.05, 0.1) is 11.9 Å². The summed E-state index contributed by atoms with van der Waals surface area (Å²) in [5.41, 5.74) is 0. The van der Waals surface area contributed by atoms with Gasteiger partial charge in [0.2, 0.25) is 10.0 Å². The van der Waals surface area contributed by atoms with Gasteiger partial charge in [0.15, 0.2) is 0 Å². The van der Waals surface area contributed by atoms with Crippen molar-refractivity contribution in [3.63, 3.8) is 0 Å². The molecule has 18 heavy (non-hydrogen) atoms. The van der Waals surface area contributed by atoms with E-state index in [4.69, 9.17) is 0 Å². The molecule has 3 atom stereocenters. The molecule has 0 spiro atoms. The average Bonchev–Trinajstić information content (AvgIpc) is 2.85. The maximum Gasteiger partial charge on any atom is 0.216 e. The highest BCUT2D eigenvalue weighted by Crippen LogP contribution is 2.38. The van der Waals surface area contributed by atoms with Crippen molar-refractivity contribution in [2.75, 3.05) is 12.3 Å². The molecule has 3 unspecified atom stereocenters. The highest BCUT2D eigenvalue weighted by atomic mass is 32.2. The van der Waals surface area contributed by atoms with Gasteiger partial charge in [0.1, 0.15) is 0 Å². The van der Waals surface area contributed by atoms with Gasteiger partial charge >= 0.3 is 0 Å². The van der Waals surface area contributed by atoms with E-state index in [1.165, 1.54) is 0 Å². The maximum absolute atomic E-state index is 12.5. The highest BCUT2D eigenvalue weighted by molar-refractivity contribution is 7.89. The van der Waals surface area contributed by atoms with E-state index in [0.29, 0.717) is 12.8 Å². The van der Waals surface area contributed by atoms with Crippen LogP contribution in [0.1, 0.15) is 38.5 Å². The van der Waals surface area contributed by atoms with Crippen molar-refractivity contribution in [1.82, 2.24) is 9.62 Å². The second kappa shape index (κ2) is 4.74. The predicted molar refractivity (Wildman–Crippen MR) is 68.7 cm³/mol. The van der Waals surface area contributed by atoms with Gasteiger partial charge in [0.25, 0.3) is 0 Å². The minimum Gasteiger partial charge on any atom is -0.393 e. The van der Waals surface area contributed by atoms with Gasteiger partial charge in [-0.1, -0.05) is 0 Å². The van der Waals surface area contributed by atoms with Crippen molar-refractivity contribution in [2.45, 2.75) is 62.8 Å². The molecule has 3 aliphatic rings. The van der Waals surface area contributed by atoms with E-state index >= 15 is 0 Å². The Labute approximate surface area is 109 Å². The summed E-state index contributed by atoms with van der Waals surface area (Å²) in [5.74, 6) is 0.232. The number of hydrogen-bond acceptors (Lipinski definition) is 4. The van der Waals surface area contributed by atoms with Crippen LogP contribution in [-0.2, 0) is 10.0 Å². The number of rotatable bonds is 3. The molecule has 0 amide bonds. The van der Waals surface area contributed by atoms with Gasteiger partial charge in [-0.3, -0.25) is 0 Å². The molecular formula is C12H22N2O3S. The molecule has 104 valence electrons. The molecule has 0 aliphatic carbocycles. The molecular weight excluding hydrogens is 252 g/mol. The zero-order valence-corrected chi connectivity index (χ0v) is 11.4. The molecule has 6 heteroatoms. The summed E-state index contributed by atoms with van der Waals surface area (Å²) in [6.07, 6.45) is 4.80. The van der Waals surface area contributed by atoms with Crippen LogP contribution in [0, 0.1) is 0 Å². The number of piperidine rings is 1. The quantitative estimate of drug-likeness (QED) is 0.763. The number of hydrogen-bond donors (Lipinski definition) is 2. The van der Waals surface area contributed by atoms with E-state index in [1.54, 1.807) is 4.31 Å². The first kappa shape index (κ1) is 12.8. The highest BCUT2D eigenvalue weighted by Gasteiger charge is 2.46. The summed E-state index contributed by atoms with van der Waals surface area (Å²) < 4.78 is 26.7. The fourth-order valence-corrected chi connectivity index (χ4v) is 6.06. The molecule has 0 radical (unpaired) electrons. The Morgan fingerprint density at radius 2 is 1.83 bits per heavy atom. The first-order valence-electron chi connectivity index (χ1n) is 6.99. The van der Waals surface area contributed by atoms with Crippen molar-refractivity contribution in [3.8, 4) is 0 Å². The van der Waals surface area contributed by atoms with Crippen molar-refractivity contribution >= 4 is 10.0 Å². The number of sulfonamides is 1. The van der Waals surface area contributed by atoms with E-state index < -0.39 is 10.0 Å². The lowest BCUT2D eigenvalue weighted by Gasteiger charge is -2.36. The molecule has 2 bridgehead atoms. The van der Waals surface area contributed by atoms with Gasteiger partial charge in [-0.25, -0.2) is 8.42 Å². The molecule has 3 fully saturated rings. The average molecular weight is 274 g/mol. The van der Waals surface area contributed by atoms with Crippen LogP contribution in [0.25, 0.3) is 0 Å². The van der Waals surface area contributed by atoms with Gasteiger partial charge in [-0.2, -0.15) is 4.31 Å². The van der Waals surface area contributed by atoms with Crippen LogP contribution >= 0.6 is 0 Å². The number of aliphatic hydroxyl groups is 1. The van der Waals surface area contributed by atoms with Crippen molar-refractivity contribution in [1.29, 1.82) is 0 Å². The lowest BCUT2D eigenvalue weighted by Crippen LogP contribution is -2.50. The van der Waals surface area contributed by atoms with Crippen LogP contribution in [0.3, 0.4) is 0 Å². The number of nitrogens with one attached hydrogen (secondary N) is 1. The summed E-state index contributed by atoms with van der Waals surface area (Å²) in [5, 5.41) is 13.0. The number of fused-ring (bicyclic) bond motifs is 2. The largest absolute Gasteiger partial charge is 0.393 e. The second-order valence-electron chi connectivity index (χ2n) is 5.91. The second-order valence-corrected chi connectivity index (χ2v) is 7.83. The SMILES string of the molecule is O=S(=O)(CC1CCCN1)N1C2CCC1CC(O)C2. The van der Waals surface area contributed by atoms with Crippen LogP contribution in [0.4, 0.5) is 0 Å². The van der Waals surface area contributed by atoms with Gasteiger partial charge < -0.3 is 10.4 Å². The molecule has 5 nitrogen and oxygen atoms in total. The molecule has 3 aliphatic heterocycles. The Morgan fingerprint density at radius 3 is 2.39 bits per heavy atom. The Bertz CT molecular complexity index is 392. The molecule has 0 saturated carbocycles. The fraction of sp³-hybridized carbons (Fsp3) is 1.00. The van der Waals surface area contributed by atoms with E-state index in [1.807, 2.05) is 0 Å². The van der Waals surface area contributed by atoms with E-state index in [2.05, 4.69) is 5.32 Å². The first-order valence-corrected chi connectivity index (χ1v) is 8.60.